The molecule has 0 aliphatic rings. The topological polar surface area (TPSA) is 63.1 Å². The third kappa shape index (κ3) is 4.43. The molecule has 2 aromatic heterocycles. The van der Waals surface area contributed by atoms with Crippen molar-refractivity contribution < 1.29 is 4.74 Å². The number of pyridine rings is 1. The van der Waals surface area contributed by atoms with Gasteiger partial charge in [0, 0.05) is 32.0 Å². The van der Waals surface area contributed by atoms with Crippen LogP contribution in [0.3, 0.4) is 0 Å². The van der Waals surface area contributed by atoms with Gasteiger partial charge >= 0.3 is 0 Å². The molecular formula is C23H32N4O2. The molecular weight excluding hydrogens is 364 g/mol. The fourth-order valence-corrected chi connectivity index (χ4v) is 3.78. The maximum absolute atomic E-state index is 13.2. The van der Waals surface area contributed by atoms with Crippen molar-refractivity contribution in [1.82, 2.24) is 19.7 Å². The number of rotatable bonds is 10. The Balaban J connectivity index is 2.11. The molecule has 1 N–H and O–H groups in total. The van der Waals surface area contributed by atoms with E-state index in [-0.39, 0.29) is 5.56 Å². The van der Waals surface area contributed by atoms with Gasteiger partial charge in [-0.25, -0.2) is 0 Å². The van der Waals surface area contributed by atoms with E-state index in [1.54, 1.807) is 7.11 Å². The number of nitrogens with one attached hydrogen (secondary N) is 1. The molecule has 0 atom stereocenters. The van der Waals surface area contributed by atoms with Gasteiger partial charge in [-0.3, -0.25) is 9.89 Å². The molecule has 0 fully saturated rings. The van der Waals surface area contributed by atoms with E-state index < -0.39 is 0 Å². The van der Waals surface area contributed by atoms with Crippen LogP contribution in [0.15, 0.2) is 29.1 Å². The minimum absolute atomic E-state index is 0.0269. The van der Waals surface area contributed by atoms with E-state index in [1.807, 2.05) is 10.6 Å². The number of hydrogen-bond donors (Lipinski definition) is 1. The molecule has 29 heavy (non-hydrogen) atoms. The third-order valence-electron chi connectivity index (χ3n) is 5.44. The number of aromatic nitrogens is 3. The van der Waals surface area contributed by atoms with Crippen LogP contribution in [0.5, 0.6) is 0 Å². The quantitative estimate of drug-likeness (QED) is 0.566. The summed E-state index contributed by atoms with van der Waals surface area (Å²) in [6.45, 7) is 10.7. The highest BCUT2D eigenvalue weighted by Crippen LogP contribution is 2.25. The van der Waals surface area contributed by atoms with Gasteiger partial charge in [-0.1, -0.05) is 39.0 Å². The summed E-state index contributed by atoms with van der Waals surface area (Å²) in [4.78, 5) is 15.6. The Morgan fingerprint density at radius 3 is 2.72 bits per heavy atom. The van der Waals surface area contributed by atoms with Crippen LogP contribution in [0.1, 0.15) is 38.4 Å². The number of aromatic amines is 1. The molecule has 3 rings (SSSR count). The van der Waals surface area contributed by atoms with Crippen LogP contribution >= 0.6 is 0 Å². The molecule has 0 radical (unpaired) electrons. The van der Waals surface area contributed by atoms with E-state index in [1.165, 1.54) is 0 Å². The molecule has 2 heterocycles. The van der Waals surface area contributed by atoms with Gasteiger partial charge in [-0.15, -0.1) is 0 Å². The molecule has 0 unspecified atom stereocenters. The molecule has 3 aromatic rings. The Kier molecular flexibility index (Phi) is 7.23. The van der Waals surface area contributed by atoms with Gasteiger partial charge in [-0.2, -0.15) is 5.10 Å². The van der Waals surface area contributed by atoms with Crippen molar-refractivity contribution in [1.29, 1.82) is 0 Å². The Hall–Kier alpha value is -2.44. The average molecular weight is 397 g/mol. The zero-order valence-electron chi connectivity index (χ0n) is 18.0. The number of methoxy groups -OCH3 is 1. The number of aryl methyl sites for hydroxylation is 1. The second kappa shape index (κ2) is 9.85. The molecule has 0 bridgehead atoms. The van der Waals surface area contributed by atoms with Crippen molar-refractivity contribution in [2.75, 3.05) is 33.4 Å². The number of ether oxygens (including phenoxy) is 1. The molecule has 0 spiro atoms. The molecule has 0 saturated carbocycles. The van der Waals surface area contributed by atoms with Gasteiger partial charge in [0.1, 0.15) is 5.52 Å². The largest absolute Gasteiger partial charge is 0.384 e. The van der Waals surface area contributed by atoms with Gasteiger partial charge in [0.2, 0.25) is 0 Å². The van der Waals surface area contributed by atoms with Crippen molar-refractivity contribution in [3.05, 3.63) is 45.9 Å². The summed E-state index contributed by atoms with van der Waals surface area (Å²) in [5, 5.41) is 9.29. The number of fused-ring (bicyclic) bond motifs is 3. The first kappa shape index (κ1) is 21.3. The lowest BCUT2D eigenvalue weighted by Crippen LogP contribution is -2.22. The molecule has 0 aliphatic heterocycles. The van der Waals surface area contributed by atoms with Crippen LogP contribution in [0, 0.1) is 0 Å². The minimum atomic E-state index is 0.0269. The molecule has 156 valence electrons. The first-order valence-corrected chi connectivity index (χ1v) is 10.6. The summed E-state index contributed by atoms with van der Waals surface area (Å²) in [5.74, 6) is 0. The van der Waals surface area contributed by atoms with E-state index in [0.29, 0.717) is 25.0 Å². The predicted molar refractivity (Wildman–Crippen MR) is 121 cm³/mol. The van der Waals surface area contributed by atoms with Gasteiger partial charge < -0.3 is 14.2 Å². The normalized spacial score (nSPS) is 12.2. The summed E-state index contributed by atoms with van der Waals surface area (Å²) < 4.78 is 7.08. The number of likely N-dealkylation sites (N-methyl/N-ethyl adjacent to an activating group) is 1. The highest BCUT2D eigenvalue weighted by atomic mass is 16.5. The second-order valence-electron chi connectivity index (χ2n) is 7.29. The Morgan fingerprint density at radius 2 is 2.03 bits per heavy atom. The number of benzene rings is 1. The lowest BCUT2D eigenvalue weighted by molar-refractivity contribution is 0.201. The molecule has 0 saturated heterocycles. The first-order chi connectivity index (χ1) is 14.1. The van der Waals surface area contributed by atoms with Crippen molar-refractivity contribution in [3.8, 4) is 0 Å². The van der Waals surface area contributed by atoms with Crippen LogP contribution in [0.25, 0.3) is 27.9 Å². The van der Waals surface area contributed by atoms with Crippen LogP contribution in [0.2, 0.25) is 0 Å². The maximum Gasteiger partial charge on any atom is 0.262 e. The third-order valence-corrected chi connectivity index (χ3v) is 5.44. The van der Waals surface area contributed by atoms with E-state index in [9.17, 15) is 4.79 Å². The Bertz CT molecular complexity index is 1040. The van der Waals surface area contributed by atoms with Gasteiger partial charge in [0.05, 0.1) is 23.2 Å². The fourth-order valence-electron chi connectivity index (χ4n) is 3.78. The van der Waals surface area contributed by atoms with E-state index in [0.717, 1.165) is 53.7 Å². The highest BCUT2D eigenvalue weighted by Gasteiger charge is 2.17. The Morgan fingerprint density at radius 1 is 1.24 bits per heavy atom. The maximum atomic E-state index is 13.2. The number of H-pyrrole nitrogens is 1. The zero-order chi connectivity index (χ0) is 20.8. The van der Waals surface area contributed by atoms with Gasteiger partial charge in [-0.05, 0) is 37.2 Å². The molecule has 0 amide bonds. The summed E-state index contributed by atoms with van der Waals surface area (Å²) in [5.41, 5.74) is 3.69. The van der Waals surface area contributed by atoms with E-state index >= 15 is 0 Å². The minimum Gasteiger partial charge on any atom is -0.384 e. The van der Waals surface area contributed by atoms with Crippen molar-refractivity contribution in [3.63, 3.8) is 0 Å². The van der Waals surface area contributed by atoms with Crippen molar-refractivity contribution in [2.24, 2.45) is 0 Å². The lowest BCUT2D eigenvalue weighted by atomic mass is 10.1. The van der Waals surface area contributed by atoms with Crippen molar-refractivity contribution in [2.45, 2.75) is 40.2 Å². The summed E-state index contributed by atoms with van der Waals surface area (Å²) in [6.07, 6.45) is 5.89. The van der Waals surface area contributed by atoms with Crippen molar-refractivity contribution >= 4 is 27.9 Å². The average Bonchev–Trinajstić information content (AvgIpc) is 3.17. The predicted octanol–water partition coefficient (Wildman–Crippen LogP) is 3.83. The monoisotopic (exact) mass is 396 g/mol. The highest BCUT2D eigenvalue weighted by molar-refractivity contribution is 6.04. The van der Waals surface area contributed by atoms with Crippen LogP contribution in [-0.4, -0.2) is 53.0 Å². The summed E-state index contributed by atoms with van der Waals surface area (Å²) >= 11 is 0. The van der Waals surface area contributed by atoms with E-state index in [2.05, 4.69) is 60.2 Å². The standard InChI is InChI=1S/C23H32N4O2/c1-5-13-27-20-11-10-17(9-8-14-26(6-2)7-3)16-18(20)22-21(23(27)28)19(24-25-22)12-15-29-4/h8-11,16H,5-7,12-15H2,1-4H3,(H,24,25)/b9-8+. The van der Waals surface area contributed by atoms with E-state index in [4.69, 9.17) is 4.74 Å². The lowest BCUT2D eigenvalue weighted by Gasteiger charge is -2.15. The summed E-state index contributed by atoms with van der Waals surface area (Å²) in [7, 11) is 1.67. The van der Waals surface area contributed by atoms with Crippen LogP contribution in [-0.2, 0) is 17.7 Å². The fraction of sp³-hybridized carbons (Fsp3) is 0.478. The Labute approximate surface area is 172 Å². The van der Waals surface area contributed by atoms with Crippen LogP contribution < -0.4 is 5.56 Å². The second-order valence-corrected chi connectivity index (χ2v) is 7.29. The SMILES string of the molecule is CCCn1c(=O)c2c(CCOC)[nH]nc2c2cc(/C=C/CN(CC)CC)ccc21. The van der Waals surface area contributed by atoms with Crippen LogP contribution in [0.4, 0.5) is 0 Å². The molecule has 6 heteroatoms. The number of nitrogens with zero attached hydrogens (tertiary/aromatic N) is 3. The van der Waals surface area contributed by atoms with Gasteiger partial charge in [0.15, 0.2) is 0 Å². The number of hydrogen-bond acceptors (Lipinski definition) is 4. The van der Waals surface area contributed by atoms with Gasteiger partial charge in [0.25, 0.3) is 5.56 Å². The summed E-state index contributed by atoms with van der Waals surface area (Å²) in [6, 6.07) is 6.27. The molecule has 0 aliphatic carbocycles. The smallest absolute Gasteiger partial charge is 0.262 e. The zero-order valence-corrected chi connectivity index (χ0v) is 18.0. The molecule has 1 aromatic carbocycles. The first-order valence-electron chi connectivity index (χ1n) is 10.6. The molecule has 6 nitrogen and oxygen atoms in total.